The molecule has 2 aromatic rings. The van der Waals surface area contributed by atoms with Crippen molar-refractivity contribution in [3.63, 3.8) is 0 Å². The number of rotatable bonds is 4. The lowest BCUT2D eigenvalue weighted by Gasteiger charge is -2.06. The second-order valence-electron chi connectivity index (χ2n) is 4.65. The van der Waals surface area contributed by atoms with Gasteiger partial charge in [0, 0.05) is 5.56 Å². The molecule has 0 unspecified atom stereocenters. The van der Waals surface area contributed by atoms with E-state index in [1.54, 1.807) is 12.1 Å². The Kier molecular flexibility index (Phi) is 4.35. The highest BCUT2D eigenvalue weighted by atomic mass is 32.2. The number of aromatic nitrogens is 2. The lowest BCUT2D eigenvalue weighted by atomic mass is 10.0. The topological polar surface area (TPSA) is 115 Å². The van der Waals surface area contributed by atoms with E-state index in [0.29, 0.717) is 22.8 Å². The fourth-order valence-corrected chi connectivity index (χ4v) is 2.89. The van der Waals surface area contributed by atoms with Gasteiger partial charge in [-0.05, 0) is 23.6 Å². The van der Waals surface area contributed by atoms with Crippen LogP contribution >= 0.6 is 11.3 Å². The number of nitrogens with zero attached hydrogens (tertiary/aromatic N) is 2. The first-order valence-electron chi connectivity index (χ1n) is 6.05. The maximum Gasteiger partial charge on any atom is 0.267 e. The normalized spacial score (nSPS) is 11.6. The average Bonchev–Trinajstić information content (AvgIpc) is 2.87. The number of benzene rings is 1. The van der Waals surface area contributed by atoms with E-state index in [-0.39, 0.29) is 15.4 Å². The zero-order valence-corrected chi connectivity index (χ0v) is 13.0. The molecular formula is C12H14N4O3S2. The quantitative estimate of drug-likeness (QED) is 0.827. The zero-order chi connectivity index (χ0) is 15.6. The van der Waals surface area contributed by atoms with Crippen molar-refractivity contribution in [2.45, 2.75) is 24.1 Å². The van der Waals surface area contributed by atoms with Crippen molar-refractivity contribution < 1.29 is 13.2 Å². The first kappa shape index (κ1) is 15.5. The summed E-state index contributed by atoms with van der Waals surface area (Å²) in [5.41, 5.74) is 1.57. The van der Waals surface area contributed by atoms with Crippen molar-refractivity contribution >= 4 is 32.4 Å². The summed E-state index contributed by atoms with van der Waals surface area (Å²) in [5, 5.41) is 14.5. The fraction of sp³-hybridized carbons (Fsp3) is 0.250. The zero-order valence-electron chi connectivity index (χ0n) is 11.4. The Balaban J connectivity index is 2.12. The summed E-state index contributed by atoms with van der Waals surface area (Å²) in [6.45, 7) is 4.12. The Labute approximate surface area is 126 Å². The van der Waals surface area contributed by atoms with E-state index in [4.69, 9.17) is 5.14 Å². The molecule has 0 atom stereocenters. The van der Waals surface area contributed by atoms with Gasteiger partial charge in [-0.1, -0.05) is 37.3 Å². The Morgan fingerprint density at radius 2 is 1.86 bits per heavy atom. The molecule has 1 heterocycles. The highest BCUT2D eigenvalue weighted by Gasteiger charge is 2.16. The number of sulfonamides is 1. The minimum Gasteiger partial charge on any atom is -0.296 e. The van der Waals surface area contributed by atoms with Gasteiger partial charge in [0.25, 0.3) is 15.9 Å². The third-order valence-corrected chi connectivity index (χ3v) is 4.86. The molecule has 0 aliphatic heterocycles. The molecule has 0 bridgehead atoms. The van der Waals surface area contributed by atoms with Crippen molar-refractivity contribution in [2.24, 2.45) is 5.14 Å². The van der Waals surface area contributed by atoms with Crippen LogP contribution in [0.1, 0.15) is 35.7 Å². The molecule has 7 nitrogen and oxygen atoms in total. The van der Waals surface area contributed by atoms with Gasteiger partial charge in [-0.3, -0.25) is 10.1 Å². The summed E-state index contributed by atoms with van der Waals surface area (Å²) in [5.74, 6) is -0.00924. The third-order valence-electron chi connectivity index (χ3n) is 2.71. The lowest BCUT2D eigenvalue weighted by Crippen LogP contribution is -2.11. The van der Waals surface area contributed by atoms with Crippen molar-refractivity contribution in [2.75, 3.05) is 5.32 Å². The second-order valence-corrected chi connectivity index (χ2v) is 7.36. The van der Waals surface area contributed by atoms with E-state index in [9.17, 15) is 13.2 Å². The largest absolute Gasteiger partial charge is 0.296 e. The molecule has 1 aromatic carbocycles. The fourth-order valence-electron chi connectivity index (χ4n) is 1.56. The van der Waals surface area contributed by atoms with Gasteiger partial charge >= 0.3 is 0 Å². The van der Waals surface area contributed by atoms with Gasteiger partial charge in [0.15, 0.2) is 0 Å². The van der Waals surface area contributed by atoms with E-state index >= 15 is 0 Å². The van der Waals surface area contributed by atoms with Gasteiger partial charge in [0.05, 0.1) is 0 Å². The Bertz CT molecular complexity index is 751. The molecule has 0 aliphatic rings. The predicted octanol–water partition coefficient (Wildman–Crippen LogP) is 1.56. The Hall–Kier alpha value is -1.84. The molecule has 0 saturated carbocycles. The van der Waals surface area contributed by atoms with E-state index in [2.05, 4.69) is 29.4 Å². The predicted molar refractivity (Wildman–Crippen MR) is 79.8 cm³/mol. The molecule has 3 N–H and O–H groups in total. The summed E-state index contributed by atoms with van der Waals surface area (Å²) in [6.07, 6.45) is 0. The molecular weight excluding hydrogens is 312 g/mol. The standard InChI is InChI=1S/C12H14N4O3S2/c1-7(2)8-3-5-9(6-4-8)10(17)14-11-15-16-12(20-11)21(13,18)19/h3-7H,1-2H3,(H2,13,18,19)(H,14,15,17). The molecule has 0 fully saturated rings. The van der Waals surface area contributed by atoms with E-state index < -0.39 is 10.0 Å². The van der Waals surface area contributed by atoms with Crippen LogP contribution in [-0.4, -0.2) is 24.5 Å². The van der Waals surface area contributed by atoms with Gasteiger partial charge in [-0.15, -0.1) is 10.2 Å². The molecule has 1 aromatic heterocycles. The van der Waals surface area contributed by atoms with Gasteiger partial charge < -0.3 is 0 Å². The van der Waals surface area contributed by atoms with Gasteiger partial charge in [0.1, 0.15) is 0 Å². The first-order chi connectivity index (χ1) is 9.77. The highest BCUT2D eigenvalue weighted by Crippen LogP contribution is 2.20. The minimum atomic E-state index is -3.90. The van der Waals surface area contributed by atoms with Gasteiger partial charge in [-0.2, -0.15) is 0 Å². The van der Waals surface area contributed by atoms with Crippen LogP contribution in [0.2, 0.25) is 0 Å². The molecule has 112 valence electrons. The van der Waals surface area contributed by atoms with Crippen LogP contribution in [0.15, 0.2) is 28.6 Å². The van der Waals surface area contributed by atoms with E-state index in [1.165, 1.54) is 0 Å². The summed E-state index contributed by atoms with van der Waals surface area (Å²) in [4.78, 5) is 12.0. The molecule has 2 rings (SSSR count). The molecule has 21 heavy (non-hydrogen) atoms. The van der Waals surface area contributed by atoms with Crippen LogP contribution in [0.3, 0.4) is 0 Å². The summed E-state index contributed by atoms with van der Waals surface area (Å²) in [7, 11) is -3.90. The van der Waals surface area contributed by atoms with Crippen molar-refractivity contribution in [3.05, 3.63) is 35.4 Å². The summed E-state index contributed by atoms with van der Waals surface area (Å²) >= 11 is 0.704. The average molecular weight is 326 g/mol. The SMILES string of the molecule is CC(C)c1ccc(C(=O)Nc2nnc(S(N)(=O)=O)s2)cc1. The number of carbonyl (C=O) groups excluding carboxylic acids is 1. The second kappa shape index (κ2) is 5.88. The molecule has 1 amide bonds. The van der Waals surface area contributed by atoms with Gasteiger partial charge in [0.2, 0.25) is 9.47 Å². The van der Waals surface area contributed by atoms with Crippen LogP contribution in [0.25, 0.3) is 0 Å². The van der Waals surface area contributed by atoms with Crippen LogP contribution < -0.4 is 10.5 Å². The maximum atomic E-state index is 12.0. The molecule has 0 saturated heterocycles. The number of anilines is 1. The van der Waals surface area contributed by atoms with Crippen LogP contribution in [0.5, 0.6) is 0 Å². The Morgan fingerprint density at radius 1 is 1.24 bits per heavy atom. The van der Waals surface area contributed by atoms with Gasteiger partial charge in [-0.25, -0.2) is 13.6 Å². The van der Waals surface area contributed by atoms with Crippen LogP contribution in [-0.2, 0) is 10.0 Å². The monoisotopic (exact) mass is 326 g/mol. The smallest absolute Gasteiger partial charge is 0.267 e. The lowest BCUT2D eigenvalue weighted by molar-refractivity contribution is 0.102. The number of nitrogens with two attached hydrogens (primary N) is 1. The molecule has 0 spiro atoms. The van der Waals surface area contributed by atoms with Crippen molar-refractivity contribution in [1.29, 1.82) is 0 Å². The number of amides is 1. The molecule has 0 aliphatic carbocycles. The number of hydrogen-bond acceptors (Lipinski definition) is 6. The number of hydrogen-bond donors (Lipinski definition) is 2. The van der Waals surface area contributed by atoms with Crippen molar-refractivity contribution in [3.8, 4) is 0 Å². The minimum absolute atomic E-state index is 0.0805. The van der Waals surface area contributed by atoms with Crippen molar-refractivity contribution in [1.82, 2.24) is 10.2 Å². The van der Waals surface area contributed by atoms with E-state index in [1.807, 2.05) is 12.1 Å². The van der Waals surface area contributed by atoms with Crippen LogP contribution in [0.4, 0.5) is 5.13 Å². The number of primary sulfonamides is 1. The molecule has 0 radical (unpaired) electrons. The number of carbonyl (C=O) groups is 1. The Morgan fingerprint density at radius 3 is 2.33 bits per heavy atom. The van der Waals surface area contributed by atoms with Crippen LogP contribution in [0, 0.1) is 0 Å². The highest BCUT2D eigenvalue weighted by molar-refractivity contribution is 7.91. The maximum absolute atomic E-state index is 12.0. The third kappa shape index (κ3) is 3.84. The first-order valence-corrected chi connectivity index (χ1v) is 8.41. The van der Waals surface area contributed by atoms with E-state index in [0.717, 1.165) is 5.56 Å². The summed E-state index contributed by atoms with van der Waals surface area (Å²) < 4.78 is 21.8. The number of nitrogens with one attached hydrogen (secondary N) is 1. The summed E-state index contributed by atoms with van der Waals surface area (Å²) in [6, 6.07) is 7.14. The molecule has 9 heteroatoms.